The van der Waals surface area contributed by atoms with Crippen molar-refractivity contribution in [3.05, 3.63) is 35.9 Å². The predicted octanol–water partition coefficient (Wildman–Crippen LogP) is 0.893. The van der Waals surface area contributed by atoms with Gasteiger partial charge in [0.05, 0.1) is 19.8 Å². The molecule has 0 bridgehead atoms. The van der Waals surface area contributed by atoms with E-state index in [4.69, 9.17) is 9.47 Å². The molecule has 0 aliphatic carbocycles. The average molecular weight is 266 g/mol. The van der Waals surface area contributed by atoms with Crippen LogP contribution in [-0.4, -0.2) is 42.6 Å². The summed E-state index contributed by atoms with van der Waals surface area (Å²) in [4.78, 5) is 11.4. The summed E-state index contributed by atoms with van der Waals surface area (Å²) in [5, 5.41) is 10.0. The van der Waals surface area contributed by atoms with E-state index in [0.29, 0.717) is 6.61 Å². The zero-order chi connectivity index (χ0) is 13.8. The van der Waals surface area contributed by atoms with Gasteiger partial charge in [-0.2, -0.15) is 0 Å². The van der Waals surface area contributed by atoms with Gasteiger partial charge in [-0.05, 0) is 12.5 Å². The summed E-state index contributed by atoms with van der Waals surface area (Å²) in [6.45, 7) is 2.13. The first kappa shape index (κ1) is 14.0. The van der Waals surface area contributed by atoms with E-state index in [1.54, 1.807) is 6.92 Å². The second-order valence-electron chi connectivity index (χ2n) is 4.54. The first-order chi connectivity index (χ1) is 9.13. The molecule has 1 N–H and O–H groups in total. The van der Waals surface area contributed by atoms with Crippen LogP contribution in [-0.2, 0) is 25.6 Å². The zero-order valence-corrected chi connectivity index (χ0v) is 11.0. The van der Waals surface area contributed by atoms with Crippen molar-refractivity contribution in [2.75, 3.05) is 7.11 Å². The zero-order valence-electron chi connectivity index (χ0n) is 11.0. The van der Waals surface area contributed by atoms with Crippen molar-refractivity contribution >= 4 is 5.97 Å². The van der Waals surface area contributed by atoms with Crippen LogP contribution in [0.25, 0.3) is 0 Å². The minimum Gasteiger partial charge on any atom is -0.467 e. The van der Waals surface area contributed by atoms with Crippen LogP contribution in [0, 0.1) is 0 Å². The van der Waals surface area contributed by atoms with Gasteiger partial charge < -0.3 is 19.3 Å². The molecule has 1 heterocycles. The number of aliphatic hydroxyl groups is 1. The van der Waals surface area contributed by atoms with E-state index in [9.17, 15) is 9.90 Å². The maximum atomic E-state index is 11.4. The molecule has 104 valence electrons. The van der Waals surface area contributed by atoms with Gasteiger partial charge in [0.1, 0.15) is 12.2 Å². The summed E-state index contributed by atoms with van der Waals surface area (Å²) in [7, 11) is 1.27. The van der Waals surface area contributed by atoms with E-state index in [1.165, 1.54) is 7.11 Å². The second kappa shape index (κ2) is 6.14. The maximum Gasteiger partial charge on any atom is 0.337 e. The Hall–Kier alpha value is -1.43. The van der Waals surface area contributed by atoms with Crippen molar-refractivity contribution in [2.24, 2.45) is 0 Å². The van der Waals surface area contributed by atoms with Crippen LogP contribution in [0.4, 0.5) is 0 Å². The van der Waals surface area contributed by atoms with Crippen LogP contribution >= 0.6 is 0 Å². The molecule has 4 atom stereocenters. The van der Waals surface area contributed by atoms with Gasteiger partial charge in [0.15, 0.2) is 6.10 Å². The minimum absolute atomic E-state index is 0.359. The summed E-state index contributed by atoms with van der Waals surface area (Å²) in [6, 6.07) is 9.63. The number of ether oxygens (including phenoxy) is 3. The smallest absolute Gasteiger partial charge is 0.337 e. The topological polar surface area (TPSA) is 65.0 Å². The molecule has 1 aliphatic rings. The van der Waals surface area contributed by atoms with Crippen molar-refractivity contribution in [1.29, 1.82) is 0 Å². The van der Waals surface area contributed by atoms with Gasteiger partial charge >= 0.3 is 5.97 Å². The molecule has 0 spiro atoms. The van der Waals surface area contributed by atoms with Crippen LogP contribution in [0.3, 0.4) is 0 Å². The fourth-order valence-corrected chi connectivity index (χ4v) is 2.15. The Balaban J connectivity index is 1.95. The highest BCUT2D eigenvalue weighted by Gasteiger charge is 2.46. The number of esters is 1. The van der Waals surface area contributed by atoms with Crippen LogP contribution in [0.2, 0.25) is 0 Å². The molecule has 1 fully saturated rings. The monoisotopic (exact) mass is 266 g/mol. The van der Waals surface area contributed by atoms with Gasteiger partial charge in [0.2, 0.25) is 0 Å². The quantitative estimate of drug-likeness (QED) is 0.820. The van der Waals surface area contributed by atoms with Gasteiger partial charge in [-0.1, -0.05) is 30.3 Å². The second-order valence-corrected chi connectivity index (χ2v) is 4.54. The molecule has 1 saturated heterocycles. The van der Waals surface area contributed by atoms with Crippen molar-refractivity contribution in [3.8, 4) is 0 Å². The molecule has 0 radical (unpaired) electrons. The average Bonchev–Trinajstić information content (AvgIpc) is 2.72. The summed E-state index contributed by atoms with van der Waals surface area (Å²) < 4.78 is 15.6. The molecule has 0 aromatic heterocycles. The van der Waals surface area contributed by atoms with E-state index >= 15 is 0 Å². The lowest BCUT2D eigenvalue weighted by molar-refractivity contribution is -0.156. The molecule has 5 nitrogen and oxygen atoms in total. The number of carbonyl (C=O) groups is 1. The standard InChI is InChI=1S/C14H18O5/c1-9-12(11(15)13(19-9)14(16)17-2)18-8-10-6-4-3-5-7-10/h3-7,9,11-13,15H,8H2,1-2H3/t9-,11+,12-,13-/m0/s1. The molecular weight excluding hydrogens is 248 g/mol. The van der Waals surface area contributed by atoms with Gasteiger partial charge in [-0.3, -0.25) is 0 Å². The van der Waals surface area contributed by atoms with Gasteiger partial charge in [-0.25, -0.2) is 4.79 Å². The fraction of sp³-hybridized carbons (Fsp3) is 0.500. The van der Waals surface area contributed by atoms with Crippen LogP contribution in [0.5, 0.6) is 0 Å². The molecule has 0 saturated carbocycles. The first-order valence-corrected chi connectivity index (χ1v) is 6.20. The van der Waals surface area contributed by atoms with E-state index in [1.807, 2.05) is 30.3 Å². The molecule has 0 amide bonds. The number of carbonyl (C=O) groups excluding carboxylic acids is 1. The van der Waals surface area contributed by atoms with Crippen molar-refractivity contribution in [3.63, 3.8) is 0 Å². The van der Waals surface area contributed by atoms with Crippen LogP contribution in [0.1, 0.15) is 12.5 Å². The van der Waals surface area contributed by atoms with Crippen LogP contribution in [0.15, 0.2) is 30.3 Å². The van der Waals surface area contributed by atoms with Crippen molar-refractivity contribution < 1.29 is 24.1 Å². The Morgan fingerprint density at radius 3 is 2.68 bits per heavy atom. The highest BCUT2D eigenvalue weighted by atomic mass is 16.6. The lowest BCUT2D eigenvalue weighted by Crippen LogP contribution is -2.38. The highest BCUT2D eigenvalue weighted by Crippen LogP contribution is 2.25. The number of methoxy groups -OCH3 is 1. The van der Waals surface area contributed by atoms with Crippen molar-refractivity contribution in [2.45, 2.75) is 37.9 Å². The maximum absolute atomic E-state index is 11.4. The summed E-state index contributed by atoms with van der Waals surface area (Å²) >= 11 is 0. The van der Waals surface area contributed by atoms with E-state index in [-0.39, 0.29) is 6.10 Å². The number of hydrogen-bond donors (Lipinski definition) is 1. The molecule has 5 heteroatoms. The third-order valence-corrected chi connectivity index (χ3v) is 3.19. The van der Waals surface area contributed by atoms with Gasteiger partial charge in [-0.15, -0.1) is 0 Å². The Morgan fingerprint density at radius 1 is 1.37 bits per heavy atom. The third-order valence-electron chi connectivity index (χ3n) is 3.19. The molecule has 0 unspecified atom stereocenters. The van der Waals surface area contributed by atoms with E-state index in [2.05, 4.69) is 4.74 Å². The number of rotatable bonds is 4. The molecular formula is C14H18O5. The van der Waals surface area contributed by atoms with Crippen molar-refractivity contribution in [1.82, 2.24) is 0 Å². The fourth-order valence-electron chi connectivity index (χ4n) is 2.15. The van der Waals surface area contributed by atoms with Crippen LogP contribution < -0.4 is 0 Å². The van der Waals surface area contributed by atoms with Gasteiger partial charge in [0.25, 0.3) is 0 Å². The number of benzene rings is 1. The third kappa shape index (κ3) is 3.12. The van der Waals surface area contributed by atoms with Gasteiger partial charge in [0, 0.05) is 0 Å². The molecule has 19 heavy (non-hydrogen) atoms. The summed E-state index contributed by atoms with van der Waals surface area (Å²) in [5.41, 5.74) is 1.00. The number of hydrogen-bond acceptors (Lipinski definition) is 5. The largest absolute Gasteiger partial charge is 0.467 e. The summed E-state index contributed by atoms with van der Waals surface area (Å²) in [5.74, 6) is -0.579. The highest BCUT2D eigenvalue weighted by molar-refractivity contribution is 5.75. The number of aliphatic hydroxyl groups excluding tert-OH is 1. The Morgan fingerprint density at radius 2 is 2.05 bits per heavy atom. The predicted molar refractivity (Wildman–Crippen MR) is 67.4 cm³/mol. The normalized spacial score (nSPS) is 30.3. The summed E-state index contributed by atoms with van der Waals surface area (Å²) in [6.07, 6.45) is -2.88. The minimum atomic E-state index is -1.01. The lowest BCUT2D eigenvalue weighted by atomic mass is 10.1. The SMILES string of the molecule is COC(=O)[C@H]1O[C@@H](C)[C@H](OCc2ccccc2)[C@H]1O. The Bertz CT molecular complexity index is 419. The Labute approximate surface area is 112 Å². The van der Waals surface area contributed by atoms with E-state index in [0.717, 1.165) is 5.56 Å². The molecule has 2 rings (SSSR count). The first-order valence-electron chi connectivity index (χ1n) is 6.20. The van der Waals surface area contributed by atoms with E-state index < -0.39 is 24.3 Å². The lowest BCUT2D eigenvalue weighted by Gasteiger charge is -2.18. The molecule has 1 aromatic rings. The molecule has 1 aromatic carbocycles. The Kier molecular flexibility index (Phi) is 4.52. The molecule has 1 aliphatic heterocycles.